The first kappa shape index (κ1) is 19.0. The van der Waals surface area contributed by atoms with Crippen LogP contribution in [0.1, 0.15) is 25.0 Å². The Morgan fingerprint density at radius 1 is 0.771 bits per heavy atom. The number of para-hydroxylation sites is 1. The topological polar surface area (TPSA) is 31.0 Å². The minimum absolute atomic E-state index is 0.100. The number of fused-ring (bicyclic) bond motifs is 11. The molecular formula is C32H22N2O. The maximum atomic E-state index is 5.55. The molecule has 5 aromatic carbocycles. The van der Waals surface area contributed by atoms with Crippen LogP contribution in [0.25, 0.3) is 60.5 Å². The molecular weight excluding hydrogens is 428 g/mol. The monoisotopic (exact) mass is 450 g/mol. The molecule has 2 heterocycles. The number of benzene rings is 5. The van der Waals surface area contributed by atoms with Gasteiger partial charge in [0.1, 0.15) is 5.52 Å². The summed E-state index contributed by atoms with van der Waals surface area (Å²) in [6, 6.07) is 32.9. The van der Waals surface area contributed by atoms with E-state index in [1.54, 1.807) is 0 Å². The Hall–Kier alpha value is -4.37. The summed E-state index contributed by atoms with van der Waals surface area (Å²) >= 11 is 0. The van der Waals surface area contributed by atoms with Gasteiger partial charge < -0.3 is 8.98 Å². The lowest BCUT2D eigenvalue weighted by molar-refractivity contribution is 0.602. The van der Waals surface area contributed by atoms with Crippen LogP contribution >= 0.6 is 0 Å². The zero-order valence-corrected chi connectivity index (χ0v) is 19.5. The average molecular weight is 451 g/mol. The zero-order valence-electron chi connectivity index (χ0n) is 19.5. The molecule has 2 aromatic heterocycles. The highest BCUT2D eigenvalue weighted by Crippen LogP contribution is 2.56. The number of nitrogens with zero attached hydrogens (tertiary/aromatic N) is 2. The van der Waals surface area contributed by atoms with Crippen LogP contribution < -0.4 is 0 Å². The van der Waals surface area contributed by atoms with E-state index in [2.05, 4.69) is 108 Å². The molecule has 0 N–H and O–H groups in total. The van der Waals surface area contributed by atoms with Crippen LogP contribution in [0, 0.1) is 0 Å². The Bertz CT molecular complexity index is 1990. The van der Waals surface area contributed by atoms with Crippen LogP contribution in [0.2, 0.25) is 0 Å². The lowest BCUT2D eigenvalue weighted by Gasteiger charge is -2.24. The highest BCUT2D eigenvalue weighted by atomic mass is 16.3. The van der Waals surface area contributed by atoms with Crippen LogP contribution in [-0.4, -0.2) is 9.55 Å². The van der Waals surface area contributed by atoms with Crippen molar-refractivity contribution in [3.63, 3.8) is 0 Å². The first-order valence-corrected chi connectivity index (χ1v) is 12.1. The van der Waals surface area contributed by atoms with E-state index >= 15 is 0 Å². The van der Waals surface area contributed by atoms with Gasteiger partial charge in [-0.2, -0.15) is 0 Å². The van der Waals surface area contributed by atoms with E-state index < -0.39 is 0 Å². The van der Waals surface area contributed by atoms with E-state index in [1.165, 1.54) is 61.2 Å². The molecule has 0 unspecified atom stereocenters. The van der Waals surface area contributed by atoms with E-state index in [-0.39, 0.29) is 5.41 Å². The lowest BCUT2D eigenvalue weighted by Crippen LogP contribution is -2.15. The highest BCUT2D eigenvalue weighted by Gasteiger charge is 2.39. The summed E-state index contributed by atoms with van der Waals surface area (Å²) in [5, 5.41) is 5.22. The largest absolute Gasteiger partial charge is 0.443 e. The molecule has 7 aromatic rings. The first-order chi connectivity index (χ1) is 17.1. The van der Waals surface area contributed by atoms with Gasteiger partial charge in [-0.25, -0.2) is 4.98 Å². The molecule has 0 fully saturated rings. The zero-order chi connectivity index (χ0) is 23.3. The number of oxazole rings is 1. The second-order valence-corrected chi connectivity index (χ2v) is 10.0. The second-order valence-electron chi connectivity index (χ2n) is 10.0. The average Bonchev–Trinajstić information content (AvgIpc) is 3.55. The Kier molecular flexibility index (Phi) is 3.47. The van der Waals surface area contributed by atoms with E-state index in [0.717, 1.165) is 16.8 Å². The van der Waals surface area contributed by atoms with Gasteiger partial charge in [-0.1, -0.05) is 80.6 Å². The van der Waals surface area contributed by atoms with Gasteiger partial charge in [0.2, 0.25) is 0 Å². The minimum Gasteiger partial charge on any atom is -0.443 e. The van der Waals surface area contributed by atoms with Crippen LogP contribution in [0.5, 0.6) is 0 Å². The van der Waals surface area contributed by atoms with Gasteiger partial charge in [-0.3, -0.25) is 0 Å². The predicted octanol–water partition coefficient (Wildman–Crippen LogP) is 8.38. The van der Waals surface area contributed by atoms with E-state index in [1.807, 2.05) is 6.07 Å². The predicted molar refractivity (Wildman–Crippen MR) is 143 cm³/mol. The van der Waals surface area contributed by atoms with Crippen molar-refractivity contribution in [1.82, 2.24) is 9.55 Å². The standard InChI is InChI=1S/C32H22N2O/c1-32(2)24-13-7-5-11-22(24)29-30(32)21-10-4-3-9-20(21)28-23-12-6-8-14-26(23)34(31(28)29)19-15-16-27-25(17-19)33-18-35-27/h3-18H,1-2H3. The van der Waals surface area contributed by atoms with Crippen LogP contribution in [0.4, 0.5) is 0 Å². The van der Waals surface area contributed by atoms with Crippen LogP contribution in [-0.2, 0) is 5.41 Å². The van der Waals surface area contributed by atoms with Crippen molar-refractivity contribution >= 4 is 43.7 Å². The molecule has 8 rings (SSSR count). The Balaban J connectivity index is 1.69. The van der Waals surface area contributed by atoms with Crippen LogP contribution in [0.3, 0.4) is 0 Å². The second kappa shape index (κ2) is 6.39. The molecule has 166 valence electrons. The van der Waals surface area contributed by atoms with Crippen molar-refractivity contribution in [2.75, 3.05) is 0 Å². The summed E-state index contributed by atoms with van der Waals surface area (Å²) in [6.07, 6.45) is 1.52. The van der Waals surface area contributed by atoms with E-state index in [9.17, 15) is 0 Å². The van der Waals surface area contributed by atoms with Gasteiger partial charge in [0.05, 0.1) is 11.0 Å². The third-order valence-corrected chi connectivity index (χ3v) is 7.89. The maximum absolute atomic E-state index is 5.55. The fraction of sp³-hybridized carbons (Fsp3) is 0.0938. The highest BCUT2D eigenvalue weighted by molar-refractivity contribution is 6.27. The van der Waals surface area contributed by atoms with Gasteiger partial charge in [0.15, 0.2) is 12.0 Å². The molecule has 0 saturated carbocycles. The van der Waals surface area contributed by atoms with Crippen molar-refractivity contribution in [1.29, 1.82) is 0 Å². The molecule has 35 heavy (non-hydrogen) atoms. The Labute approximate surface area is 202 Å². The molecule has 0 amide bonds. The summed E-state index contributed by atoms with van der Waals surface area (Å²) in [5.74, 6) is 0. The number of rotatable bonds is 1. The number of aromatic nitrogens is 2. The molecule has 0 bridgehead atoms. The summed E-state index contributed by atoms with van der Waals surface area (Å²) in [4.78, 5) is 4.45. The Morgan fingerprint density at radius 3 is 2.40 bits per heavy atom. The Morgan fingerprint density at radius 2 is 1.51 bits per heavy atom. The van der Waals surface area contributed by atoms with Gasteiger partial charge in [0.25, 0.3) is 0 Å². The third kappa shape index (κ3) is 2.28. The minimum atomic E-state index is -0.100. The van der Waals surface area contributed by atoms with Crippen molar-refractivity contribution < 1.29 is 4.42 Å². The van der Waals surface area contributed by atoms with Gasteiger partial charge in [-0.15, -0.1) is 0 Å². The lowest BCUT2D eigenvalue weighted by atomic mass is 9.79. The summed E-state index contributed by atoms with van der Waals surface area (Å²) < 4.78 is 7.98. The van der Waals surface area contributed by atoms with Crippen molar-refractivity contribution in [2.24, 2.45) is 0 Å². The molecule has 0 saturated heterocycles. The quantitative estimate of drug-likeness (QED) is 0.251. The molecule has 0 aliphatic heterocycles. The van der Waals surface area contributed by atoms with Crippen molar-refractivity contribution in [3.05, 3.63) is 109 Å². The van der Waals surface area contributed by atoms with E-state index in [0.29, 0.717) is 0 Å². The normalized spacial score (nSPS) is 14.2. The number of hydrogen-bond donors (Lipinski definition) is 0. The molecule has 0 radical (unpaired) electrons. The van der Waals surface area contributed by atoms with Crippen molar-refractivity contribution in [3.8, 4) is 16.8 Å². The molecule has 0 atom stereocenters. The molecule has 3 nitrogen and oxygen atoms in total. The molecule has 1 aliphatic carbocycles. The van der Waals surface area contributed by atoms with E-state index in [4.69, 9.17) is 4.42 Å². The summed E-state index contributed by atoms with van der Waals surface area (Å²) in [7, 11) is 0. The fourth-order valence-electron chi connectivity index (χ4n) is 6.47. The van der Waals surface area contributed by atoms with Crippen LogP contribution in [0.15, 0.2) is 102 Å². The smallest absolute Gasteiger partial charge is 0.181 e. The molecule has 0 spiro atoms. The van der Waals surface area contributed by atoms with Gasteiger partial charge in [-0.05, 0) is 51.7 Å². The fourth-order valence-corrected chi connectivity index (χ4v) is 6.47. The number of hydrogen-bond acceptors (Lipinski definition) is 2. The van der Waals surface area contributed by atoms with Gasteiger partial charge in [0, 0.05) is 27.4 Å². The van der Waals surface area contributed by atoms with Gasteiger partial charge >= 0.3 is 0 Å². The SMILES string of the molecule is CC1(C)c2ccccc2-c2c1c1ccccc1c1c3ccccc3n(-c3ccc4ocnc4c3)c21. The third-order valence-electron chi connectivity index (χ3n) is 7.89. The summed E-state index contributed by atoms with van der Waals surface area (Å²) in [5.41, 5.74) is 10.6. The molecule has 1 aliphatic rings. The maximum Gasteiger partial charge on any atom is 0.181 e. The van der Waals surface area contributed by atoms with Crippen molar-refractivity contribution in [2.45, 2.75) is 19.3 Å². The molecule has 3 heteroatoms. The summed E-state index contributed by atoms with van der Waals surface area (Å²) in [6.45, 7) is 4.73. The first-order valence-electron chi connectivity index (χ1n) is 12.1.